The third kappa shape index (κ3) is 3.03. The molecule has 20 heavy (non-hydrogen) atoms. The number of aryl methyl sites for hydroxylation is 1. The molecule has 2 aromatic rings. The number of rotatable bonds is 4. The summed E-state index contributed by atoms with van der Waals surface area (Å²) in [6, 6.07) is 6.43. The smallest absolute Gasteiger partial charge is 0.262 e. The highest BCUT2D eigenvalue weighted by Gasteiger charge is 2.16. The lowest BCUT2D eigenvalue weighted by Gasteiger charge is -2.11. The first kappa shape index (κ1) is 14.2. The molecule has 0 fully saturated rings. The van der Waals surface area contributed by atoms with Gasteiger partial charge < -0.3 is 5.43 Å². The minimum Gasteiger partial charge on any atom is -0.308 e. The Morgan fingerprint density at radius 1 is 1.25 bits per heavy atom. The van der Waals surface area contributed by atoms with Gasteiger partial charge in [0.1, 0.15) is 11.6 Å². The molecule has 0 atom stereocenters. The van der Waals surface area contributed by atoms with Crippen LogP contribution in [-0.4, -0.2) is 13.4 Å². The predicted octanol–water partition coefficient (Wildman–Crippen LogP) is 1.62. The number of nitrogens with two attached hydrogens (primary N) is 1. The van der Waals surface area contributed by atoms with Crippen molar-refractivity contribution in [2.24, 2.45) is 5.84 Å². The van der Waals surface area contributed by atoms with E-state index in [1.807, 2.05) is 0 Å². The molecule has 1 aromatic heterocycles. The third-order valence-electron chi connectivity index (χ3n) is 2.62. The second-order valence-corrected chi connectivity index (χ2v) is 5.77. The number of nitrogen functional groups attached to an aromatic ring is 1. The molecule has 0 amide bonds. The van der Waals surface area contributed by atoms with Crippen molar-refractivity contribution in [3.05, 3.63) is 47.9 Å². The van der Waals surface area contributed by atoms with Crippen molar-refractivity contribution in [3.8, 4) is 0 Å². The van der Waals surface area contributed by atoms with Gasteiger partial charge in [0.05, 0.1) is 10.6 Å². The van der Waals surface area contributed by atoms with Gasteiger partial charge in [-0.3, -0.25) is 4.72 Å². The Kier molecular flexibility index (Phi) is 3.86. The van der Waals surface area contributed by atoms with Crippen LogP contribution in [0.15, 0.2) is 41.4 Å². The Bertz CT molecular complexity index is 734. The van der Waals surface area contributed by atoms with Gasteiger partial charge in [-0.05, 0) is 36.8 Å². The Morgan fingerprint density at radius 3 is 2.65 bits per heavy atom. The predicted molar refractivity (Wildman–Crippen MR) is 74.0 cm³/mol. The van der Waals surface area contributed by atoms with Crippen LogP contribution in [0.3, 0.4) is 0 Å². The second kappa shape index (κ2) is 5.43. The number of hydrogen-bond donors (Lipinski definition) is 3. The van der Waals surface area contributed by atoms with Gasteiger partial charge in [0.25, 0.3) is 10.0 Å². The number of pyridine rings is 1. The molecule has 2 rings (SSSR count). The van der Waals surface area contributed by atoms with Crippen LogP contribution in [0.25, 0.3) is 0 Å². The summed E-state index contributed by atoms with van der Waals surface area (Å²) in [4.78, 5) is 3.83. The van der Waals surface area contributed by atoms with Crippen molar-refractivity contribution in [2.45, 2.75) is 11.8 Å². The fourth-order valence-electron chi connectivity index (χ4n) is 1.60. The van der Waals surface area contributed by atoms with E-state index in [9.17, 15) is 12.8 Å². The summed E-state index contributed by atoms with van der Waals surface area (Å²) in [5.74, 6) is 4.98. The number of nitrogens with zero attached hydrogens (tertiary/aromatic N) is 1. The number of benzene rings is 1. The second-order valence-electron chi connectivity index (χ2n) is 4.09. The van der Waals surface area contributed by atoms with Gasteiger partial charge in [0.15, 0.2) is 0 Å². The van der Waals surface area contributed by atoms with Gasteiger partial charge in [-0.1, -0.05) is 0 Å². The van der Waals surface area contributed by atoms with Crippen molar-refractivity contribution in [2.75, 3.05) is 10.1 Å². The first-order valence-electron chi connectivity index (χ1n) is 5.64. The van der Waals surface area contributed by atoms with Crippen molar-refractivity contribution >= 4 is 21.5 Å². The number of aromatic nitrogens is 1. The summed E-state index contributed by atoms with van der Waals surface area (Å²) in [7, 11) is -3.79. The van der Waals surface area contributed by atoms with Crippen LogP contribution in [0.5, 0.6) is 0 Å². The molecule has 0 bridgehead atoms. The molecule has 0 unspecified atom stereocenters. The summed E-state index contributed by atoms with van der Waals surface area (Å²) >= 11 is 0. The average Bonchev–Trinajstić information content (AvgIpc) is 2.42. The fourth-order valence-corrected chi connectivity index (χ4v) is 2.75. The van der Waals surface area contributed by atoms with Crippen LogP contribution < -0.4 is 16.0 Å². The van der Waals surface area contributed by atoms with E-state index in [-0.39, 0.29) is 10.7 Å². The number of hydrogen-bond acceptors (Lipinski definition) is 5. The van der Waals surface area contributed by atoms with E-state index >= 15 is 0 Å². The highest BCUT2D eigenvalue weighted by atomic mass is 32.2. The van der Waals surface area contributed by atoms with Crippen LogP contribution in [-0.2, 0) is 10.0 Å². The van der Waals surface area contributed by atoms with Gasteiger partial charge in [-0.15, -0.1) is 0 Å². The maximum absolute atomic E-state index is 13.0. The van der Waals surface area contributed by atoms with Crippen molar-refractivity contribution in [3.63, 3.8) is 0 Å². The zero-order chi connectivity index (χ0) is 14.8. The maximum Gasteiger partial charge on any atom is 0.262 e. The molecule has 0 spiro atoms. The molecule has 8 heteroatoms. The Balaban J connectivity index is 2.35. The minimum atomic E-state index is -3.79. The van der Waals surface area contributed by atoms with Crippen molar-refractivity contribution < 1.29 is 12.8 Å². The molecule has 106 valence electrons. The summed E-state index contributed by atoms with van der Waals surface area (Å²) in [5.41, 5.74) is 3.07. The molecule has 1 aromatic carbocycles. The van der Waals surface area contributed by atoms with Gasteiger partial charge in [0.2, 0.25) is 0 Å². The monoisotopic (exact) mass is 296 g/mol. The van der Waals surface area contributed by atoms with Crippen molar-refractivity contribution in [1.82, 2.24) is 4.98 Å². The zero-order valence-electron chi connectivity index (χ0n) is 10.6. The topological polar surface area (TPSA) is 97.1 Å². The highest BCUT2D eigenvalue weighted by molar-refractivity contribution is 7.92. The highest BCUT2D eigenvalue weighted by Crippen LogP contribution is 2.21. The van der Waals surface area contributed by atoms with Gasteiger partial charge in [0, 0.05) is 12.3 Å². The average molecular weight is 296 g/mol. The van der Waals surface area contributed by atoms with Gasteiger partial charge in [-0.25, -0.2) is 23.6 Å². The Hall–Kier alpha value is -2.19. The maximum atomic E-state index is 13.0. The summed E-state index contributed by atoms with van der Waals surface area (Å²) < 4.78 is 39.8. The Morgan fingerprint density at radius 2 is 2.00 bits per heavy atom. The van der Waals surface area contributed by atoms with E-state index in [4.69, 9.17) is 5.84 Å². The molecule has 1 heterocycles. The number of hydrazine groups is 1. The molecule has 4 N–H and O–H groups in total. The Labute approximate surface area is 115 Å². The first-order valence-corrected chi connectivity index (χ1v) is 7.12. The lowest BCUT2D eigenvalue weighted by molar-refractivity contribution is 0.600. The molecule has 0 saturated heterocycles. The first-order chi connectivity index (χ1) is 9.42. The SMILES string of the molecule is Cc1cc(F)ccc1NS(=O)(=O)c1ccnc(NN)c1. The van der Waals surface area contributed by atoms with Crippen LogP contribution in [0.2, 0.25) is 0 Å². The molecular weight excluding hydrogens is 283 g/mol. The lowest BCUT2D eigenvalue weighted by Crippen LogP contribution is -2.15. The molecule has 0 radical (unpaired) electrons. The summed E-state index contributed by atoms with van der Waals surface area (Å²) in [6.07, 6.45) is 1.32. The van der Waals surface area contributed by atoms with E-state index in [0.717, 1.165) is 0 Å². The molecule has 0 saturated carbocycles. The molecule has 0 aliphatic rings. The van der Waals surface area contributed by atoms with Crippen LogP contribution in [0, 0.1) is 12.7 Å². The van der Waals surface area contributed by atoms with E-state index in [1.165, 1.54) is 36.5 Å². The zero-order valence-corrected chi connectivity index (χ0v) is 11.4. The summed E-state index contributed by atoms with van der Waals surface area (Å²) in [5, 5.41) is 0. The third-order valence-corrected chi connectivity index (χ3v) is 3.99. The van der Waals surface area contributed by atoms with E-state index in [1.54, 1.807) is 6.92 Å². The molecule has 0 aliphatic carbocycles. The number of halogens is 1. The van der Waals surface area contributed by atoms with Crippen molar-refractivity contribution in [1.29, 1.82) is 0 Å². The molecular formula is C12H13FN4O2S. The number of nitrogens with one attached hydrogen (secondary N) is 2. The quantitative estimate of drug-likeness (QED) is 0.588. The van der Waals surface area contributed by atoms with E-state index in [2.05, 4.69) is 15.1 Å². The largest absolute Gasteiger partial charge is 0.308 e. The van der Waals surface area contributed by atoms with Crippen LogP contribution in [0.4, 0.5) is 15.9 Å². The normalized spacial score (nSPS) is 11.2. The van der Waals surface area contributed by atoms with Gasteiger partial charge in [-0.2, -0.15) is 0 Å². The minimum absolute atomic E-state index is 0.00387. The molecule has 0 aliphatic heterocycles. The van der Waals surface area contributed by atoms with Gasteiger partial charge >= 0.3 is 0 Å². The lowest BCUT2D eigenvalue weighted by atomic mass is 10.2. The molecule has 6 nitrogen and oxygen atoms in total. The van der Waals surface area contributed by atoms with Crippen LogP contribution >= 0.6 is 0 Å². The van der Waals surface area contributed by atoms with E-state index < -0.39 is 15.8 Å². The summed E-state index contributed by atoms with van der Waals surface area (Å²) in [6.45, 7) is 1.61. The van der Waals surface area contributed by atoms with Crippen LogP contribution in [0.1, 0.15) is 5.56 Å². The standard InChI is InChI=1S/C12H13FN4O2S/c1-8-6-9(13)2-3-11(8)17-20(18,19)10-4-5-15-12(7-10)16-14/h2-7,17H,14H2,1H3,(H,15,16). The fraction of sp³-hybridized carbons (Fsp3) is 0.0833. The van der Waals surface area contributed by atoms with E-state index in [0.29, 0.717) is 11.3 Å². The number of anilines is 2. The number of sulfonamides is 1.